The number of aliphatic carboxylic acids is 1. The number of hydrogen-bond acceptors (Lipinski definition) is 4. The van der Waals surface area contributed by atoms with Crippen molar-refractivity contribution in [3.63, 3.8) is 0 Å². The average molecular weight is 222 g/mol. The van der Waals surface area contributed by atoms with E-state index in [1.165, 1.54) is 24.5 Å². The number of benzene rings is 1. The molecule has 1 aromatic carbocycles. The Kier molecular flexibility index (Phi) is 2.63. The molecule has 6 heteroatoms. The summed E-state index contributed by atoms with van der Waals surface area (Å²) < 4.78 is 17.8. The van der Waals surface area contributed by atoms with Crippen LogP contribution in [0.5, 0.6) is 5.88 Å². The highest BCUT2D eigenvalue weighted by molar-refractivity contribution is 5.83. The molecule has 82 valence electrons. The zero-order valence-electron chi connectivity index (χ0n) is 8.05. The molecule has 0 atom stereocenters. The number of rotatable bonds is 3. The Morgan fingerprint density at radius 1 is 1.44 bits per heavy atom. The van der Waals surface area contributed by atoms with E-state index >= 15 is 0 Å². The van der Waals surface area contributed by atoms with E-state index in [0.717, 1.165) is 0 Å². The largest absolute Gasteiger partial charge is 0.479 e. The molecule has 0 radical (unpaired) electrons. The molecular weight excluding hydrogens is 215 g/mol. The highest BCUT2D eigenvalue weighted by Gasteiger charge is 2.07. The first-order valence-corrected chi connectivity index (χ1v) is 4.41. The van der Waals surface area contributed by atoms with Gasteiger partial charge in [-0.05, 0) is 12.1 Å². The molecule has 0 unspecified atom stereocenters. The second-order valence-electron chi connectivity index (χ2n) is 3.02. The number of fused-ring (bicyclic) bond motifs is 1. The van der Waals surface area contributed by atoms with Gasteiger partial charge in [-0.15, -0.1) is 0 Å². The summed E-state index contributed by atoms with van der Waals surface area (Å²) >= 11 is 0. The lowest BCUT2D eigenvalue weighted by molar-refractivity contribution is -0.139. The number of nitrogens with zero attached hydrogens (tertiary/aromatic N) is 2. The third-order valence-electron chi connectivity index (χ3n) is 1.89. The van der Waals surface area contributed by atoms with Gasteiger partial charge < -0.3 is 9.84 Å². The Bertz CT molecular complexity index is 545. The fraction of sp³-hybridized carbons (Fsp3) is 0.100. The van der Waals surface area contributed by atoms with Crippen LogP contribution in [0.3, 0.4) is 0 Å². The van der Waals surface area contributed by atoms with Gasteiger partial charge in [0.2, 0.25) is 5.88 Å². The molecule has 0 spiro atoms. The molecule has 0 saturated heterocycles. The van der Waals surface area contributed by atoms with Crippen LogP contribution in [0.4, 0.5) is 4.39 Å². The SMILES string of the molecule is O=C(O)COc1ncnc2cc(F)ccc12. The summed E-state index contributed by atoms with van der Waals surface area (Å²) in [6.45, 7) is -0.497. The Hall–Kier alpha value is -2.24. The number of aromatic nitrogens is 2. The van der Waals surface area contributed by atoms with E-state index in [1.54, 1.807) is 0 Å². The van der Waals surface area contributed by atoms with Crippen molar-refractivity contribution in [2.75, 3.05) is 6.61 Å². The molecule has 16 heavy (non-hydrogen) atoms. The third-order valence-corrected chi connectivity index (χ3v) is 1.89. The quantitative estimate of drug-likeness (QED) is 0.845. The molecule has 2 rings (SSSR count). The molecule has 0 aliphatic heterocycles. The van der Waals surface area contributed by atoms with Crippen LogP contribution in [0.2, 0.25) is 0 Å². The highest BCUT2D eigenvalue weighted by atomic mass is 19.1. The minimum Gasteiger partial charge on any atom is -0.479 e. The van der Waals surface area contributed by atoms with E-state index in [4.69, 9.17) is 9.84 Å². The fourth-order valence-electron chi connectivity index (χ4n) is 1.25. The summed E-state index contributed by atoms with van der Waals surface area (Å²) in [5.74, 6) is -1.39. The van der Waals surface area contributed by atoms with Gasteiger partial charge in [0.25, 0.3) is 0 Å². The van der Waals surface area contributed by atoms with Crippen molar-refractivity contribution in [3.8, 4) is 5.88 Å². The molecule has 0 bridgehead atoms. The van der Waals surface area contributed by atoms with Crippen LogP contribution in [0, 0.1) is 5.82 Å². The van der Waals surface area contributed by atoms with Gasteiger partial charge in [-0.2, -0.15) is 0 Å². The molecule has 0 aliphatic rings. The Morgan fingerprint density at radius 3 is 3.00 bits per heavy atom. The van der Waals surface area contributed by atoms with Gasteiger partial charge in [-0.1, -0.05) is 0 Å². The van der Waals surface area contributed by atoms with Crippen LogP contribution >= 0.6 is 0 Å². The van der Waals surface area contributed by atoms with E-state index in [2.05, 4.69) is 9.97 Å². The van der Waals surface area contributed by atoms with Gasteiger partial charge >= 0.3 is 5.97 Å². The minimum absolute atomic E-state index is 0.132. The maximum Gasteiger partial charge on any atom is 0.341 e. The molecule has 5 nitrogen and oxygen atoms in total. The molecule has 1 N–H and O–H groups in total. The van der Waals surface area contributed by atoms with Gasteiger partial charge in [0.05, 0.1) is 10.9 Å². The van der Waals surface area contributed by atoms with Gasteiger partial charge in [0.1, 0.15) is 12.1 Å². The maximum absolute atomic E-state index is 12.9. The zero-order chi connectivity index (χ0) is 11.5. The number of carboxylic acids is 1. The van der Waals surface area contributed by atoms with Crippen molar-refractivity contribution < 1.29 is 19.0 Å². The highest BCUT2D eigenvalue weighted by Crippen LogP contribution is 2.21. The lowest BCUT2D eigenvalue weighted by Gasteiger charge is -2.04. The van der Waals surface area contributed by atoms with Crippen LogP contribution < -0.4 is 4.74 Å². The summed E-state index contributed by atoms with van der Waals surface area (Å²) in [7, 11) is 0. The zero-order valence-corrected chi connectivity index (χ0v) is 8.05. The number of carbonyl (C=O) groups is 1. The van der Waals surface area contributed by atoms with Crippen molar-refractivity contribution in [2.45, 2.75) is 0 Å². The van der Waals surface area contributed by atoms with Crippen LogP contribution in [-0.4, -0.2) is 27.7 Å². The van der Waals surface area contributed by atoms with Gasteiger partial charge in [-0.3, -0.25) is 0 Å². The molecule has 1 heterocycles. The van der Waals surface area contributed by atoms with Crippen molar-refractivity contribution in [3.05, 3.63) is 30.3 Å². The molecule has 2 aromatic rings. The monoisotopic (exact) mass is 222 g/mol. The first-order valence-electron chi connectivity index (χ1n) is 4.41. The summed E-state index contributed by atoms with van der Waals surface area (Å²) in [4.78, 5) is 18.0. The summed E-state index contributed by atoms with van der Waals surface area (Å²) in [5, 5.41) is 8.94. The van der Waals surface area contributed by atoms with E-state index in [-0.39, 0.29) is 5.88 Å². The van der Waals surface area contributed by atoms with Crippen LogP contribution in [0.15, 0.2) is 24.5 Å². The molecule has 1 aromatic heterocycles. The van der Waals surface area contributed by atoms with E-state index in [1.807, 2.05) is 0 Å². The topological polar surface area (TPSA) is 72.3 Å². The van der Waals surface area contributed by atoms with Crippen molar-refractivity contribution in [1.82, 2.24) is 9.97 Å². The van der Waals surface area contributed by atoms with E-state index in [9.17, 15) is 9.18 Å². The lowest BCUT2D eigenvalue weighted by Crippen LogP contribution is -2.10. The van der Waals surface area contributed by atoms with Crippen LogP contribution in [0.25, 0.3) is 10.9 Å². The molecule has 0 amide bonds. The van der Waals surface area contributed by atoms with Crippen molar-refractivity contribution in [2.24, 2.45) is 0 Å². The molecule has 0 aliphatic carbocycles. The predicted molar refractivity (Wildman–Crippen MR) is 52.6 cm³/mol. The number of ether oxygens (including phenoxy) is 1. The van der Waals surface area contributed by atoms with Crippen molar-refractivity contribution >= 4 is 16.9 Å². The number of halogens is 1. The predicted octanol–water partition coefficient (Wildman–Crippen LogP) is 1.23. The smallest absolute Gasteiger partial charge is 0.341 e. The van der Waals surface area contributed by atoms with Crippen molar-refractivity contribution in [1.29, 1.82) is 0 Å². The van der Waals surface area contributed by atoms with Gasteiger partial charge in [0.15, 0.2) is 6.61 Å². The number of carboxylic acid groups (broad SMARTS) is 1. The average Bonchev–Trinajstić information content (AvgIpc) is 2.25. The molecular formula is C10H7FN2O3. The van der Waals surface area contributed by atoms with E-state index < -0.39 is 18.4 Å². The summed E-state index contributed by atoms with van der Waals surface area (Å²) in [6.07, 6.45) is 1.19. The normalized spacial score (nSPS) is 10.3. The van der Waals surface area contributed by atoms with E-state index in [0.29, 0.717) is 10.9 Å². The minimum atomic E-state index is -1.10. The molecule has 0 saturated carbocycles. The van der Waals surface area contributed by atoms with Crippen LogP contribution in [0.1, 0.15) is 0 Å². The van der Waals surface area contributed by atoms with Crippen LogP contribution in [-0.2, 0) is 4.79 Å². The first kappa shape index (κ1) is 10.3. The Labute approximate surface area is 89.5 Å². The summed E-state index contributed by atoms with van der Waals surface area (Å²) in [5.41, 5.74) is 0.371. The summed E-state index contributed by atoms with van der Waals surface area (Å²) in [6, 6.07) is 3.91. The maximum atomic E-state index is 12.9. The standard InChI is InChI=1S/C10H7FN2O3/c11-6-1-2-7-8(3-6)12-5-13-10(7)16-4-9(14)15/h1-3,5H,4H2,(H,14,15). The second-order valence-corrected chi connectivity index (χ2v) is 3.02. The Balaban J connectivity index is 2.41. The second kappa shape index (κ2) is 4.09. The fourth-order valence-corrected chi connectivity index (χ4v) is 1.25. The Morgan fingerprint density at radius 2 is 2.25 bits per heavy atom. The molecule has 0 fully saturated rings. The third kappa shape index (κ3) is 2.05. The first-order chi connectivity index (χ1) is 7.66. The number of hydrogen-bond donors (Lipinski definition) is 1. The van der Waals surface area contributed by atoms with Gasteiger partial charge in [0, 0.05) is 6.07 Å². The lowest BCUT2D eigenvalue weighted by atomic mass is 10.2. The van der Waals surface area contributed by atoms with Gasteiger partial charge in [-0.25, -0.2) is 19.2 Å².